The number of carboxylic acid groups (broad SMARTS) is 1. The van der Waals surface area contributed by atoms with Gasteiger partial charge in [0.2, 0.25) is 5.91 Å². The molecule has 0 aliphatic carbocycles. The van der Waals surface area contributed by atoms with Gasteiger partial charge in [0.15, 0.2) is 0 Å². The smallest absolute Gasteiger partial charge is 0.335 e. The number of rotatable bonds is 8. The molecule has 1 N–H and O–H groups in total. The lowest BCUT2D eigenvalue weighted by molar-refractivity contribution is -0.128. The van der Waals surface area contributed by atoms with Crippen LogP contribution in [0.5, 0.6) is 0 Å². The zero-order valence-corrected chi connectivity index (χ0v) is 17.5. The number of hydrogen-bond donors (Lipinski definition) is 1. The van der Waals surface area contributed by atoms with E-state index in [1.807, 2.05) is 30.9 Å². The van der Waals surface area contributed by atoms with Crippen molar-refractivity contribution in [2.75, 3.05) is 6.54 Å². The van der Waals surface area contributed by atoms with Crippen molar-refractivity contribution in [3.05, 3.63) is 47.5 Å². The van der Waals surface area contributed by atoms with Crippen molar-refractivity contribution in [2.45, 2.75) is 72.8 Å². The number of amides is 1. The molecule has 1 aromatic rings. The van der Waals surface area contributed by atoms with Gasteiger partial charge in [0.25, 0.3) is 0 Å². The molecule has 1 aliphatic heterocycles. The van der Waals surface area contributed by atoms with E-state index < -0.39 is 5.97 Å². The van der Waals surface area contributed by atoms with Gasteiger partial charge in [0.1, 0.15) is 0 Å². The second-order valence-electron chi connectivity index (χ2n) is 7.60. The molecular weight excluding hydrogens is 338 g/mol. The second kappa shape index (κ2) is 10.9. The molecule has 1 atom stereocenters. The lowest BCUT2D eigenvalue weighted by atomic mass is 9.86. The lowest BCUT2D eigenvalue weighted by Crippen LogP contribution is -2.33. The van der Waals surface area contributed by atoms with Gasteiger partial charge >= 0.3 is 5.97 Å². The van der Waals surface area contributed by atoms with Crippen LogP contribution in [0.1, 0.15) is 76.2 Å². The SMILES string of the molecule is CC.CCC(C)(C)C/C=C/C1CCC(=O)N1CCc1ccc(C(=O)O)cc1. The summed E-state index contributed by atoms with van der Waals surface area (Å²) in [6.07, 6.45) is 8.83. The summed E-state index contributed by atoms with van der Waals surface area (Å²) in [6, 6.07) is 7.09. The van der Waals surface area contributed by atoms with Crippen molar-refractivity contribution in [1.29, 1.82) is 0 Å². The van der Waals surface area contributed by atoms with E-state index in [-0.39, 0.29) is 11.9 Å². The molecule has 150 valence electrons. The van der Waals surface area contributed by atoms with E-state index in [2.05, 4.69) is 32.9 Å². The third-order valence-electron chi connectivity index (χ3n) is 5.20. The molecule has 0 spiro atoms. The molecule has 1 fully saturated rings. The number of likely N-dealkylation sites (tertiary alicyclic amines) is 1. The molecule has 2 rings (SSSR count). The number of nitrogens with zero attached hydrogens (tertiary/aromatic N) is 1. The van der Waals surface area contributed by atoms with Crippen molar-refractivity contribution >= 4 is 11.9 Å². The first-order valence-electron chi connectivity index (χ1n) is 10.1. The Balaban J connectivity index is 0.00000176. The molecule has 1 amide bonds. The summed E-state index contributed by atoms with van der Waals surface area (Å²) in [5.74, 6) is -0.701. The maximum absolute atomic E-state index is 12.2. The van der Waals surface area contributed by atoms with E-state index in [1.165, 1.54) is 0 Å². The second-order valence-corrected chi connectivity index (χ2v) is 7.60. The molecule has 1 aromatic carbocycles. The van der Waals surface area contributed by atoms with Gasteiger partial charge in [-0.1, -0.05) is 65.3 Å². The first-order chi connectivity index (χ1) is 12.8. The molecule has 0 bridgehead atoms. The highest BCUT2D eigenvalue weighted by atomic mass is 16.4. The number of hydrogen-bond acceptors (Lipinski definition) is 2. The van der Waals surface area contributed by atoms with Gasteiger partial charge in [-0.05, 0) is 42.4 Å². The summed E-state index contributed by atoms with van der Waals surface area (Å²) in [5.41, 5.74) is 1.65. The Labute approximate surface area is 164 Å². The van der Waals surface area contributed by atoms with Crippen LogP contribution in [0.3, 0.4) is 0 Å². The maximum atomic E-state index is 12.2. The van der Waals surface area contributed by atoms with Crippen molar-refractivity contribution in [1.82, 2.24) is 4.90 Å². The molecule has 4 nitrogen and oxygen atoms in total. The first kappa shape index (κ1) is 22.9. The van der Waals surface area contributed by atoms with Gasteiger partial charge in [-0.25, -0.2) is 4.79 Å². The van der Waals surface area contributed by atoms with Gasteiger partial charge in [-0.15, -0.1) is 0 Å². The molecule has 1 aliphatic rings. The van der Waals surface area contributed by atoms with Crippen LogP contribution in [-0.4, -0.2) is 34.5 Å². The third-order valence-corrected chi connectivity index (χ3v) is 5.20. The van der Waals surface area contributed by atoms with E-state index in [1.54, 1.807) is 12.1 Å². The van der Waals surface area contributed by atoms with Crippen molar-refractivity contribution < 1.29 is 14.7 Å². The van der Waals surface area contributed by atoms with E-state index >= 15 is 0 Å². The van der Waals surface area contributed by atoms with Gasteiger partial charge < -0.3 is 10.0 Å². The Morgan fingerprint density at radius 1 is 1.26 bits per heavy atom. The van der Waals surface area contributed by atoms with Gasteiger partial charge in [0.05, 0.1) is 11.6 Å². The van der Waals surface area contributed by atoms with E-state index in [0.29, 0.717) is 23.9 Å². The molecule has 0 saturated carbocycles. The number of aromatic carboxylic acids is 1. The maximum Gasteiger partial charge on any atom is 0.335 e. The van der Waals surface area contributed by atoms with Crippen LogP contribution >= 0.6 is 0 Å². The van der Waals surface area contributed by atoms with Crippen LogP contribution < -0.4 is 0 Å². The predicted octanol–water partition coefficient (Wildman–Crippen LogP) is 5.33. The van der Waals surface area contributed by atoms with Gasteiger partial charge in [-0.2, -0.15) is 0 Å². The highest BCUT2D eigenvalue weighted by Gasteiger charge is 2.28. The predicted molar refractivity (Wildman–Crippen MR) is 111 cm³/mol. The fraction of sp³-hybridized carbons (Fsp3) is 0.565. The fourth-order valence-corrected chi connectivity index (χ4v) is 3.00. The van der Waals surface area contributed by atoms with Gasteiger partial charge in [0, 0.05) is 13.0 Å². The summed E-state index contributed by atoms with van der Waals surface area (Å²) >= 11 is 0. The van der Waals surface area contributed by atoms with Crippen LogP contribution in [-0.2, 0) is 11.2 Å². The highest BCUT2D eigenvalue weighted by molar-refractivity contribution is 5.87. The van der Waals surface area contributed by atoms with Crippen LogP contribution in [0.15, 0.2) is 36.4 Å². The normalized spacial score (nSPS) is 17.1. The summed E-state index contributed by atoms with van der Waals surface area (Å²) < 4.78 is 0. The molecule has 1 saturated heterocycles. The van der Waals surface area contributed by atoms with E-state index in [4.69, 9.17) is 5.11 Å². The van der Waals surface area contributed by atoms with Crippen LogP contribution in [0.4, 0.5) is 0 Å². The zero-order valence-electron chi connectivity index (χ0n) is 17.5. The minimum Gasteiger partial charge on any atom is -0.478 e. The Morgan fingerprint density at radius 3 is 2.44 bits per heavy atom. The van der Waals surface area contributed by atoms with E-state index in [0.717, 1.165) is 31.2 Å². The Bertz CT molecular complexity index is 632. The topological polar surface area (TPSA) is 57.6 Å². The molecule has 27 heavy (non-hydrogen) atoms. The third kappa shape index (κ3) is 7.20. The summed E-state index contributed by atoms with van der Waals surface area (Å²) in [5, 5.41) is 8.94. The minimum absolute atomic E-state index is 0.193. The van der Waals surface area contributed by atoms with Crippen molar-refractivity contribution in [2.24, 2.45) is 5.41 Å². The van der Waals surface area contributed by atoms with Crippen molar-refractivity contribution in [3.8, 4) is 0 Å². The summed E-state index contributed by atoms with van der Waals surface area (Å²) in [4.78, 5) is 25.0. The van der Waals surface area contributed by atoms with Crippen molar-refractivity contribution in [3.63, 3.8) is 0 Å². The van der Waals surface area contributed by atoms with Crippen LogP contribution in [0, 0.1) is 5.41 Å². The Kier molecular flexibility index (Phi) is 9.27. The Hall–Kier alpha value is -2.10. The quantitative estimate of drug-likeness (QED) is 0.627. The van der Waals surface area contributed by atoms with E-state index in [9.17, 15) is 9.59 Å². The highest BCUT2D eigenvalue weighted by Crippen LogP contribution is 2.26. The van der Waals surface area contributed by atoms with Crippen LogP contribution in [0.25, 0.3) is 0 Å². The lowest BCUT2D eigenvalue weighted by Gasteiger charge is -2.24. The summed E-state index contributed by atoms with van der Waals surface area (Å²) in [7, 11) is 0. The fourth-order valence-electron chi connectivity index (χ4n) is 3.00. The zero-order chi connectivity index (χ0) is 20.4. The molecule has 0 aromatic heterocycles. The number of carbonyl (C=O) groups excluding carboxylic acids is 1. The molecule has 1 unspecified atom stereocenters. The molecular formula is C23H35NO3. The number of benzene rings is 1. The minimum atomic E-state index is -0.915. The van der Waals surface area contributed by atoms with Gasteiger partial charge in [-0.3, -0.25) is 4.79 Å². The molecule has 0 radical (unpaired) electrons. The molecule has 4 heteroatoms. The largest absolute Gasteiger partial charge is 0.478 e. The molecule has 1 heterocycles. The number of allylic oxidation sites excluding steroid dienone is 1. The summed E-state index contributed by atoms with van der Waals surface area (Å²) in [6.45, 7) is 11.4. The Morgan fingerprint density at radius 2 is 1.89 bits per heavy atom. The average molecular weight is 374 g/mol. The average Bonchev–Trinajstić information content (AvgIpc) is 3.01. The number of carbonyl (C=O) groups is 2. The standard InChI is InChI=1S/C21H29NO3.C2H6/c1-4-21(2,3)14-5-6-18-11-12-19(23)22(18)15-13-16-7-9-17(10-8-16)20(24)25;1-2/h5-10,18H,4,11-15H2,1-3H3,(H,24,25);1-2H3/b6-5+;. The monoisotopic (exact) mass is 373 g/mol. The number of carboxylic acids is 1. The van der Waals surface area contributed by atoms with Crippen LogP contribution in [0.2, 0.25) is 0 Å². The first-order valence-corrected chi connectivity index (χ1v) is 10.1.